The van der Waals surface area contributed by atoms with Gasteiger partial charge in [-0.25, -0.2) is 9.97 Å². The maximum atomic E-state index is 12.2. The summed E-state index contributed by atoms with van der Waals surface area (Å²) in [6, 6.07) is 13.3. The molecule has 0 radical (unpaired) electrons. The number of amides is 2. The van der Waals surface area contributed by atoms with Crippen LogP contribution in [0.25, 0.3) is 10.9 Å². The van der Waals surface area contributed by atoms with Crippen LogP contribution < -0.4 is 16.0 Å². The molecule has 2 amide bonds. The van der Waals surface area contributed by atoms with Gasteiger partial charge < -0.3 is 16.0 Å². The van der Waals surface area contributed by atoms with E-state index in [0.29, 0.717) is 10.8 Å². The Morgan fingerprint density at radius 3 is 2.67 bits per heavy atom. The van der Waals surface area contributed by atoms with Crippen LogP contribution in [0.15, 0.2) is 52.1 Å². The zero-order valence-electron chi connectivity index (χ0n) is 16.7. The molecule has 30 heavy (non-hydrogen) atoms. The Morgan fingerprint density at radius 1 is 1.10 bits per heavy atom. The highest BCUT2D eigenvalue weighted by atomic mass is 79.9. The van der Waals surface area contributed by atoms with Crippen LogP contribution in [0.1, 0.15) is 12.5 Å². The number of para-hydroxylation sites is 1. The standard InChI is InChI=1S/C21H22BrN5O2S/c1-3-23-20-15-6-4-5-7-17(15)26-21(27-20)30-12-19(29)24-11-18(28)25-16-9-8-14(22)10-13(16)2/h4-10H,3,11-12H2,1-2H3,(H,24,29)(H,25,28)(H,23,26,27). The molecule has 1 aromatic heterocycles. The number of aryl methyl sites for hydroxylation is 1. The van der Waals surface area contributed by atoms with Gasteiger partial charge >= 0.3 is 0 Å². The van der Waals surface area contributed by atoms with Gasteiger partial charge in [0.05, 0.1) is 17.8 Å². The predicted molar refractivity (Wildman–Crippen MR) is 125 cm³/mol. The van der Waals surface area contributed by atoms with Gasteiger partial charge in [-0.3, -0.25) is 9.59 Å². The van der Waals surface area contributed by atoms with Crippen LogP contribution in [0.2, 0.25) is 0 Å². The largest absolute Gasteiger partial charge is 0.370 e. The number of carbonyl (C=O) groups is 2. The van der Waals surface area contributed by atoms with Gasteiger partial charge in [0.1, 0.15) is 5.82 Å². The summed E-state index contributed by atoms with van der Waals surface area (Å²) in [4.78, 5) is 33.3. The molecule has 0 saturated heterocycles. The van der Waals surface area contributed by atoms with Crippen LogP contribution >= 0.6 is 27.7 Å². The molecule has 0 saturated carbocycles. The molecule has 3 rings (SSSR count). The van der Waals surface area contributed by atoms with E-state index in [9.17, 15) is 9.59 Å². The average molecular weight is 488 g/mol. The molecule has 3 N–H and O–H groups in total. The molecule has 2 aromatic carbocycles. The Hall–Kier alpha value is -2.65. The monoisotopic (exact) mass is 487 g/mol. The van der Waals surface area contributed by atoms with E-state index >= 15 is 0 Å². The molecular weight excluding hydrogens is 466 g/mol. The number of carbonyl (C=O) groups excluding carboxylic acids is 2. The summed E-state index contributed by atoms with van der Waals surface area (Å²) in [5.74, 6) is 0.323. The van der Waals surface area contributed by atoms with Crippen molar-refractivity contribution in [2.45, 2.75) is 19.0 Å². The Morgan fingerprint density at radius 2 is 1.90 bits per heavy atom. The van der Waals surface area contributed by atoms with Gasteiger partial charge in [-0.2, -0.15) is 0 Å². The first-order valence-electron chi connectivity index (χ1n) is 9.42. The summed E-state index contributed by atoms with van der Waals surface area (Å²) in [5, 5.41) is 10.1. The zero-order chi connectivity index (χ0) is 21.5. The SMILES string of the molecule is CCNc1nc(SCC(=O)NCC(=O)Nc2ccc(Br)cc2C)nc2ccccc12. The van der Waals surface area contributed by atoms with Crippen LogP contribution in [-0.4, -0.2) is 40.6 Å². The van der Waals surface area contributed by atoms with Crippen LogP contribution in [0.5, 0.6) is 0 Å². The number of hydrogen-bond acceptors (Lipinski definition) is 6. The number of benzene rings is 2. The third kappa shape index (κ3) is 5.93. The lowest BCUT2D eigenvalue weighted by atomic mass is 10.2. The van der Waals surface area contributed by atoms with Crippen molar-refractivity contribution < 1.29 is 9.59 Å². The molecule has 0 spiro atoms. The van der Waals surface area contributed by atoms with Gasteiger partial charge in [-0.15, -0.1) is 0 Å². The molecule has 156 valence electrons. The van der Waals surface area contributed by atoms with Crippen molar-refractivity contribution in [2.24, 2.45) is 0 Å². The van der Waals surface area contributed by atoms with E-state index in [1.807, 2.05) is 56.3 Å². The quantitative estimate of drug-likeness (QED) is 0.328. The van der Waals surface area contributed by atoms with Gasteiger partial charge in [0, 0.05) is 22.1 Å². The minimum absolute atomic E-state index is 0.101. The normalized spacial score (nSPS) is 10.6. The highest BCUT2D eigenvalue weighted by Crippen LogP contribution is 2.24. The highest BCUT2D eigenvalue weighted by molar-refractivity contribution is 9.10. The number of thioether (sulfide) groups is 1. The molecule has 0 atom stereocenters. The second-order valence-electron chi connectivity index (χ2n) is 6.48. The number of anilines is 2. The van der Waals surface area contributed by atoms with Crippen molar-refractivity contribution in [3.8, 4) is 0 Å². The molecule has 0 aliphatic heterocycles. The van der Waals surface area contributed by atoms with E-state index in [4.69, 9.17) is 0 Å². The van der Waals surface area contributed by atoms with Crippen molar-refractivity contribution in [1.29, 1.82) is 0 Å². The second-order valence-corrected chi connectivity index (χ2v) is 8.33. The lowest BCUT2D eigenvalue weighted by Gasteiger charge is -2.10. The lowest BCUT2D eigenvalue weighted by molar-refractivity contribution is -0.122. The fourth-order valence-corrected chi connectivity index (χ4v) is 3.90. The second kappa shape index (κ2) is 10.4. The molecule has 7 nitrogen and oxygen atoms in total. The average Bonchev–Trinajstić information content (AvgIpc) is 2.73. The smallest absolute Gasteiger partial charge is 0.243 e. The molecule has 0 bridgehead atoms. The van der Waals surface area contributed by atoms with Crippen LogP contribution in [0.3, 0.4) is 0 Å². The number of rotatable bonds is 8. The molecular formula is C21H22BrN5O2S. The molecule has 0 aliphatic rings. The molecule has 3 aromatic rings. The van der Waals surface area contributed by atoms with E-state index in [2.05, 4.69) is 41.8 Å². The van der Waals surface area contributed by atoms with Crippen LogP contribution in [0.4, 0.5) is 11.5 Å². The Bertz CT molecular complexity index is 1080. The van der Waals surface area contributed by atoms with Crippen molar-refractivity contribution in [2.75, 3.05) is 29.5 Å². The van der Waals surface area contributed by atoms with Crippen molar-refractivity contribution in [3.63, 3.8) is 0 Å². The number of aromatic nitrogens is 2. The third-order valence-corrected chi connectivity index (χ3v) is 5.51. The molecule has 9 heteroatoms. The Balaban J connectivity index is 1.53. The van der Waals surface area contributed by atoms with Crippen LogP contribution in [0, 0.1) is 6.92 Å². The topological polar surface area (TPSA) is 96.0 Å². The first-order chi connectivity index (χ1) is 14.5. The maximum absolute atomic E-state index is 12.2. The Kier molecular flexibility index (Phi) is 7.64. The fraction of sp³-hybridized carbons (Fsp3) is 0.238. The minimum atomic E-state index is -0.282. The first-order valence-corrected chi connectivity index (χ1v) is 11.2. The van der Waals surface area contributed by atoms with Crippen LogP contribution in [-0.2, 0) is 9.59 Å². The summed E-state index contributed by atoms with van der Waals surface area (Å²) in [6.45, 7) is 4.54. The van der Waals surface area contributed by atoms with Gasteiger partial charge in [0.2, 0.25) is 11.8 Å². The fourth-order valence-electron chi connectivity index (χ4n) is 2.74. The van der Waals surface area contributed by atoms with E-state index in [-0.39, 0.29) is 24.1 Å². The van der Waals surface area contributed by atoms with Gasteiger partial charge in [-0.05, 0) is 49.7 Å². The summed E-state index contributed by atoms with van der Waals surface area (Å²) < 4.78 is 0.941. The number of hydrogen-bond donors (Lipinski definition) is 3. The lowest BCUT2D eigenvalue weighted by Crippen LogP contribution is -2.34. The number of nitrogens with zero attached hydrogens (tertiary/aromatic N) is 2. The van der Waals surface area contributed by atoms with Gasteiger partial charge in [0.25, 0.3) is 0 Å². The van der Waals surface area contributed by atoms with E-state index in [0.717, 1.165) is 33.3 Å². The maximum Gasteiger partial charge on any atom is 0.243 e. The van der Waals surface area contributed by atoms with E-state index in [1.165, 1.54) is 11.8 Å². The van der Waals surface area contributed by atoms with Gasteiger partial charge in [-0.1, -0.05) is 39.8 Å². The minimum Gasteiger partial charge on any atom is -0.370 e. The third-order valence-electron chi connectivity index (χ3n) is 4.17. The number of halogens is 1. The summed E-state index contributed by atoms with van der Waals surface area (Å²) in [7, 11) is 0. The van der Waals surface area contributed by atoms with Crippen molar-refractivity contribution >= 4 is 61.9 Å². The molecule has 0 fully saturated rings. The molecule has 0 unspecified atom stereocenters. The summed E-state index contributed by atoms with van der Waals surface area (Å²) in [5.41, 5.74) is 2.47. The highest BCUT2D eigenvalue weighted by Gasteiger charge is 2.11. The van der Waals surface area contributed by atoms with Crippen molar-refractivity contribution in [1.82, 2.24) is 15.3 Å². The van der Waals surface area contributed by atoms with E-state index in [1.54, 1.807) is 0 Å². The first kappa shape index (κ1) is 22.0. The number of fused-ring (bicyclic) bond motifs is 1. The van der Waals surface area contributed by atoms with Gasteiger partial charge in [0.15, 0.2) is 5.16 Å². The van der Waals surface area contributed by atoms with E-state index < -0.39 is 0 Å². The zero-order valence-corrected chi connectivity index (χ0v) is 19.1. The molecule has 0 aliphatic carbocycles. The summed E-state index contributed by atoms with van der Waals surface area (Å²) in [6.07, 6.45) is 0. The predicted octanol–water partition coefficient (Wildman–Crippen LogP) is 3.98. The summed E-state index contributed by atoms with van der Waals surface area (Å²) >= 11 is 4.62. The Labute approximate surface area is 187 Å². The van der Waals surface area contributed by atoms with Crippen molar-refractivity contribution in [3.05, 3.63) is 52.5 Å². The number of nitrogens with one attached hydrogen (secondary N) is 3. The molecule has 1 heterocycles.